The van der Waals surface area contributed by atoms with Crippen molar-refractivity contribution in [1.29, 1.82) is 0 Å². The average molecular weight is 562 g/mol. The summed E-state index contributed by atoms with van der Waals surface area (Å²) in [5, 5.41) is 27.1. The minimum atomic E-state index is -1.50. The number of amides is 2. The van der Waals surface area contributed by atoms with E-state index in [0.717, 1.165) is 42.5 Å². The number of furan rings is 1. The number of non-ortho nitro benzene ring substituents is 2. The van der Waals surface area contributed by atoms with Crippen LogP contribution in [0.25, 0.3) is 0 Å². The SMILES string of the molecule is O=C(Nc1ccc([N+](=O)[O-])cc1C(=O)OC(=O)c1cc([N+](=O)[O-])ccc1NC(=O)c1ccccc1F)c1ccco1. The number of hydrogen-bond acceptors (Lipinski definition) is 10. The number of nitrogens with zero attached hydrogens (tertiary/aromatic N) is 2. The van der Waals surface area contributed by atoms with Gasteiger partial charge in [-0.05, 0) is 36.4 Å². The Kier molecular flexibility index (Phi) is 7.89. The molecule has 3 aromatic carbocycles. The lowest BCUT2D eigenvalue weighted by Crippen LogP contribution is -2.20. The number of nitrogens with one attached hydrogen (secondary N) is 2. The minimum absolute atomic E-state index is 0.162. The first-order valence-corrected chi connectivity index (χ1v) is 11.3. The molecule has 1 heterocycles. The van der Waals surface area contributed by atoms with Gasteiger partial charge in [0, 0.05) is 24.3 Å². The summed E-state index contributed by atoms with van der Waals surface area (Å²) >= 11 is 0. The Morgan fingerprint density at radius 3 is 1.73 bits per heavy atom. The molecule has 0 spiro atoms. The van der Waals surface area contributed by atoms with E-state index in [0.29, 0.717) is 6.07 Å². The zero-order chi connectivity index (χ0) is 29.7. The molecule has 0 bridgehead atoms. The second kappa shape index (κ2) is 11.6. The fourth-order valence-corrected chi connectivity index (χ4v) is 3.47. The lowest BCUT2D eigenvalue weighted by molar-refractivity contribution is -0.385. The summed E-state index contributed by atoms with van der Waals surface area (Å²) in [4.78, 5) is 71.9. The van der Waals surface area contributed by atoms with E-state index in [1.165, 1.54) is 30.5 Å². The molecule has 0 aliphatic heterocycles. The number of esters is 2. The predicted octanol–water partition coefficient (Wildman–Crippen LogP) is 4.74. The molecule has 0 unspecified atom stereocenters. The third-order valence-corrected chi connectivity index (χ3v) is 5.41. The van der Waals surface area contributed by atoms with Gasteiger partial charge in [-0.15, -0.1) is 0 Å². The van der Waals surface area contributed by atoms with Crippen LogP contribution in [0, 0.1) is 26.0 Å². The first-order chi connectivity index (χ1) is 19.5. The average Bonchev–Trinajstić information content (AvgIpc) is 3.48. The molecule has 0 aliphatic rings. The topological polar surface area (TPSA) is 201 Å². The van der Waals surface area contributed by atoms with Crippen molar-refractivity contribution < 1.29 is 42.6 Å². The van der Waals surface area contributed by atoms with Crippen LogP contribution >= 0.6 is 0 Å². The Balaban J connectivity index is 1.66. The predicted molar refractivity (Wildman–Crippen MR) is 137 cm³/mol. The number of nitro groups is 2. The molecule has 4 aromatic rings. The van der Waals surface area contributed by atoms with Gasteiger partial charge in [-0.25, -0.2) is 14.0 Å². The van der Waals surface area contributed by atoms with Crippen LogP contribution in [0.5, 0.6) is 0 Å². The number of anilines is 2. The monoisotopic (exact) mass is 562 g/mol. The first-order valence-electron chi connectivity index (χ1n) is 11.3. The van der Waals surface area contributed by atoms with Crippen molar-refractivity contribution in [2.45, 2.75) is 0 Å². The van der Waals surface area contributed by atoms with E-state index >= 15 is 0 Å². The van der Waals surface area contributed by atoms with Gasteiger partial charge in [0.1, 0.15) is 5.82 Å². The van der Waals surface area contributed by atoms with Gasteiger partial charge in [0.15, 0.2) is 5.76 Å². The standard InChI is InChI=1S/C26H15FN4O10/c27-19-5-2-1-4-16(19)23(32)28-20-9-7-14(30(36)37)12-17(20)25(34)41-26(35)18-13-15(31(38)39)8-10-21(18)29-24(33)22-6-3-11-40-22/h1-13H,(H,28,32)(H,29,33). The van der Waals surface area contributed by atoms with Crippen LogP contribution < -0.4 is 10.6 Å². The molecule has 1 aromatic heterocycles. The van der Waals surface area contributed by atoms with Gasteiger partial charge >= 0.3 is 11.9 Å². The summed E-state index contributed by atoms with van der Waals surface area (Å²) in [5.74, 6) is -5.88. The maximum absolute atomic E-state index is 14.1. The van der Waals surface area contributed by atoms with Crippen molar-refractivity contribution in [1.82, 2.24) is 0 Å². The van der Waals surface area contributed by atoms with E-state index in [1.807, 2.05) is 0 Å². The molecule has 2 amide bonds. The Morgan fingerprint density at radius 2 is 1.24 bits per heavy atom. The first kappa shape index (κ1) is 27.8. The zero-order valence-corrected chi connectivity index (χ0v) is 20.4. The van der Waals surface area contributed by atoms with Crippen LogP contribution in [0.15, 0.2) is 83.5 Å². The van der Waals surface area contributed by atoms with Crippen LogP contribution in [0.2, 0.25) is 0 Å². The molecule has 41 heavy (non-hydrogen) atoms. The Morgan fingerprint density at radius 1 is 0.707 bits per heavy atom. The second-order valence-corrected chi connectivity index (χ2v) is 8.02. The van der Waals surface area contributed by atoms with Crippen LogP contribution in [0.1, 0.15) is 41.6 Å². The number of halogens is 1. The fraction of sp³-hybridized carbons (Fsp3) is 0. The molecule has 2 N–H and O–H groups in total. The normalized spacial score (nSPS) is 10.4. The summed E-state index contributed by atoms with van der Waals surface area (Å²) in [6, 6.07) is 13.0. The van der Waals surface area contributed by atoms with E-state index < -0.39 is 67.5 Å². The molecule has 15 heteroatoms. The van der Waals surface area contributed by atoms with E-state index in [1.54, 1.807) is 0 Å². The Labute approximate surface area is 227 Å². The van der Waals surface area contributed by atoms with Gasteiger partial charge in [-0.3, -0.25) is 29.8 Å². The fourth-order valence-electron chi connectivity index (χ4n) is 3.47. The highest BCUT2D eigenvalue weighted by molar-refractivity contribution is 6.13. The number of benzene rings is 3. The number of carbonyl (C=O) groups excluding carboxylic acids is 4. The highest BCUT2D eigenvalue weighted by Gasteiger charge is 2.26. The number of carbonyl (C=O) groups is 4. The van der Waals surface area contributed by atoms with E-state index in [-0.39, 0.29) is 17.1 Å². The van der Waals surface area contributed by atoms with Gasteiger partial charge < -0.3 is 19.8 Å². The number of ether oxygens (including phenoxy) is 1. The van der Waals surface area contributed by atoms with E-state index in [4.69, 9.17) is 9.15 Å². The largest absolute Gasteiger partial charge is 0.459 e. The summed E-state index contributed by atoms with van der Waals surface area (Å²) < 4.78 is 23.9. The van der Waals surface area contributed by atoms with Gasteiger partial charge in [0.2, 0.25) is 0 Å². The summed E-state index contributed by atoms with van der Waals surface area (Å²) in [6.07, 6.45) is 1.21. The molecule has 0 aliphatic carbocycles. The Bertz CT molecular complexity index is 1720. The highest BCUT2D eigenvalue weighted by Crippen LogP contribution is 2.27. The van der Waals surface area contributed by atoms with Crippen LogP contribution in [-0.2, 0) is 4.74 Å². The van der Waals surface area contributed by atoms with Gasteiger partial charge in [-0.2, -0.15) is 0 Å². The van der Waals surface area contributed by atoms with Crippen LogP contribution in [0.4, 0.5) is 27.1 Å². The quantitative estimate of drug-likeness (QED) is 0.131. The maximum atomic E-state index is 14.1. The maximum Gasteiger partial charge on any atom is 0.348 e. The lowest BCUT2D eigenvalue weighted by Gasteiger charge is -2.12. The molecule has 4 rings (SSSR count). The summed E-state index contributed by atoms with van der Waals surface area (Å²) in [5.41, 5.74) is -3.55. The third-order valence-electron chi connectivity index (χ3n) is 5.41. The minimum Gasteiger partial charge on any atom is -0.459 e. The summed E-state index contributed by atoms with van der Waals surface area (Å²) in [7, 11) is 0. The number of hydrogen-bond donors (Lipinski definition) is 2. The molecule has 0 saturated heterocycles. The van der Waals surface area contributed by atoms with E-state index in [2.05, 4.69) is 10.6 Å². The van der Waals surface area contributed by atoms with Gasteiger partial charge in [0.05, 0.1) is 44.2 Å². The third kappa shape index (κ3) is 6.26. The van der Waals surface area contributed by atoms with Crippen molar-refractivity contribution in [3.05, 3.63) is 128 Å². The van der Waals surface area contributed by atoms with Crippen LogP contribution in [0.3, 0.4) is 0 Å². The van der Waals surface area contributed by atoms with Crippen molar-refractivity contribution in [2.75, 3.05) is 10.6 Å². The van der Waals surface area contributed by atoms with E-state index in [9.17, 15) is 43.8 Å². The molecule has 206 valence electrons. The molecule has 0 fully saturated rings. The number of nitro benzene ring substituents is 2. The van der Waals surface area contributed by atoms with Crippen molar-refractivity contribution in [2.24, 2.45) is 0 Å². The molecule has 14 nitrogen and oxygen atoms in total. The smallest absolute Gasteiger partial charge is 0.348 e. The zero-order valence-electron chi connectivity index (χ0n) is 20.4. The lowest BCUT2D eigenvalue weighted by atomic mass is 10.1. The van der Waals surface area contributed by atoms with Crippen molar-refractivity contribution >= 4 is 46.5 Å². The molecule has 0 atom stereocenters. The summed E-state index contributed by atoms with van der Waals surface area (Å²) in [6.45, 7) is 0. The second-order valence-electron chi connectivity index (χ2n) is 8.02. The molecule has 0 saturated carbocycles. The molecular formula is C26H15FN4O10. The van der Waals surface area contributed by atoms with Crippen LogP contribution in [-0.4, -0.2) is 33.6 Å². The molecular weight excluding hydrogens is 547 g/mol. The van der Waals surface area contributed by atoms with Crippen molar-refractivity contribution in [3.8, 4) is 0 Å². The van der Waals surface area contributed by atoms with Gasteiger partial charge in [0.25, 0.3) is 23.2 Å². The van der Waals surface area contributed by atoms with Gasteiger partial charge in [-0.1, -0.05) is 12.1 Å². The number of rotatable bonds is 8. The highest BCUT2D eigenvalue weighted by atomic mass is 19.1. The van der Waals surface area contributed by atoms with Crippen molar-refractivity contribution in [3.63, 3.8) is 0 Å². The Hall–Kier alpha value is -6.25. The molecule has 0 radical (unpaired) electrons.